The van der Waals surface area contributed by atoms with Crippen molar-refractivity contribution in [2.45, 2.75) is 26.9 Å². The normalized spacial score (nSPS) is 10.7. The molecule has 0 fully saturated rings. The van der Waals surface area contributed by atoms with Gasteiger partial charge < -0.3 is 10.3 Å². The minimum atomic E-state index is -0.352. The Morgan fingerprint density at radius 2 is 2.21 bits per heavy atom. The Balaban J connectivity index is 2.42. The third-order valence-corrected chi connectivity index (χ3v) is 3.21. The van der Waals surface area contributed by atoms with E-state index in [-0.39, 0.29) is 10.6 Å². The minimum absolute atomic E-state index is 0.145. The SMILES string of the molecule is Cc1cnc(Cn2cccc2CN)c(C)c1[N+](=O)[O-]. The van der Waals surface area contributed by atoms with Crippen LogP contribution in [-0.4, -0.2) is 14.5 Å². The molecular weight excluding hydrogens is 244 g/mol. The van der Waals surface area contributed by atoms with Crippen LogP contribution in [0.3, 0.4) is 0 Å². The highest BCUT2D eigenvalue weighted by Crippen LogP contribution is 2.24. The highest BCUT2D eigenvalue weighted by molar-refractivity contribution is 5.47. The summed E-state index contributed by atoms with van der Waals surface area (Å²) < 4.78 is 1.95. The number of nitro groups is 1. The molecule has 0 bridgehead atoms. The van der Waals surface area contributed by atoms with Gasteiger partial charge in [-0.3, -0.25) is 15.1 Å². The number of aromatic nitrogens is 2. The molecule has 6 heteroatoms. The largest absolute Gasteiger partial charge is 0.344 e. The first-order valence-corrected chi connectivity index (χ1v) is 5.98. The molecule has 0 unspecified atom stereocenters. The van der Waals surface area contributed by atoms with E-state index in [1.165, 1.54) is 0 Å². The van der Waals surface area contributed by atoms with E-state index in [0.29, 0.717) is 29.9 Å². The quantitative estimate of drug-likeness (QED) is 0.672. The zero-order chi connectivity index (χ0) is 14.0. The summed E-state index contributed by atoms with van der Waals surface area (Å²) in [6, 6.07) is 3.83. The van der Waals surface area contributed by atoms with Gasteiger partial charge in [0.05, 0.1) is 22.7 Å². The molecule has 0 amide bonds. The van der Waals surface area contributed by atoms with E-state index in [2.05, 4.69) is 4.98 Å². The molecule has 0 aromatic carbocycles. The Morgan fingerprint density at radius 3 is 2.84 bits per heavy atom. The van der Waals surface area contributed by atoms with Gasteiger partial charge in [-0.2, -0.15) is 0 Å². The highest BCUT2D eigenvalue weighted by Gasteiger charge is 2.18. The maximum atomic E-state index is 11.1. The van der Waals surface area contributed by atoms with Crippen molar-refractivity contribution in [3.05, 3.63) is 57.2 Å². The molecule has 0 radical (unpaired) electrons. The van der Waals surface area contributed by atoms with Crippen LogP contribution >= 0.6 is 0 Å². The van der Waals surface area contributed by atoms with Crippen molar-refractivity contribution in [1.29, 1.82) is 0 Å². The van der Waals surface area contributed by atoms with Crippen LogP contribution in [0.2, 0.25) is 0 Å². The monoisotopic (exact) mass is 260 g/mol. The zero-order valence-electron chi connectivity index (χ0n) is 11.0. The number of nitrogens with two attached hydrogens (primary N) is 1. The molecule has 2 aromatic rings. The van der Waals surface area contributed by atoms with Crippen molar-refractivity contribution < 1.29 is 4.92 Å². The van der Waals surface area contributed by atoms with Crippen LogP contribution in [0.25, 0.3) is 0 Å². The fraction of sp³-hybridized carbons (Fsp3) is 0.308. The molecule has 0 aliphatic carbocycles. The van der Waals surface area contributed by atoms with Crippen molar-refractivity contribution in [3.8, 4) is 0 Å². The summed E-state index contributed by atoms with van der Waals surface area (Å²) in [7, 11) is 0. The van der Waals surface area contributed by atoms with Crippen LogP contribution < -0.4 is 5.73 Å². The first-order valence-electron chi connectivity index (χ1n) is 5.98. The van der Waals surface area contributed by atoms with Gasteiger partial charge in [0.25, 0.3) is 5.69 Å². The number of rotatable bonds is 4. The van der Waals surface area contributed by atoms with E-state index in [9.17, 15) is 10.1 Å². The van der Waals surface area contributed by atoms with Crippen molar-refractivity contribution >= 4 is 5.69 Å². The number of pyridine rings is 1. The molecule has 0 aliphatic rings. The van der Waals surface area contributed by atoms with Crippen LogP contribution in [0.1, 0.15) is 22.5 Å². The van der Waals surface area contributed by atoms with Gasteiger partial charge in [0.15, 0.2) is 0 Å². The van der Waals surface area contributed by atoms with Crippen LogP contribution in [0.5, 0.6) is 0 Å². The third kappa shape index (κ3) is 2.48. The zero-order valence-corrected chi connectivity index (χ0v) is 11.0. The molecule has 0 aliphatic heterocycles. The molecule has 2 aromatic heterocycles. The summed E-state index contributed by atoms with van der Waals surface area (Å²) in [4.78, 5) is 15.0. The summed E-state index contributed by atoms with van der Waals surface area (Å²) in [6.45, 7) is 4.36. The van der Waals surface area contributed by atoms with E-state index in [1.807, 2.05) is 22.9 Å². The molecule has 0 atom stereocenters. The van der Waals surface area contributed by atoms with Crippen LogP contribution in [0.15, 0.2) is 24.5 Å². The average Bonchev–Trinajstić information content (AvgIpc) is 2.79. The minimum Gasteiger partial charge on any atom is -0.344 e. The fourth-order valence-electron chi connectivity index (χ4n) is 2.16. The van der Waals surface area contributed by atoms with Gasteiger partial charge in [-0.25, -0.2) is 0 Å². The van der Waals surface area contributed by atoms with Gasteiger partial charge in [-0.1, -0.05) is 0 Å². The van der Waals surface area contributed by atoms with Gasteiger partial charge in [0.1, 0.15) is 0 Å². The van der Waals surface area contributed by atoms with Gasteiger partial charge in [0, 0.05) is 30.2 Å². The van der Waals surface area contributed by atoms with Crippen molar-refractivity contribution in [2.24, 2.45) is 5.73 Å². The topological polar surface area (TPSA) is 87.0 Å². The number of aryl methyl sites for hydroxylation is 1. The van der Waals surface area contributed by atoms with Gasteiger partial charge in [-0.05, 0) is 26.0 Å². The van der Waals surface area contributed by atoms with E-state index in [0.717, 1.165) is 5.69 Å². The van der Waals surface area contributed by atoms with Crippen molar-refractivity contribution in [1.82, 2.24) is 9.55 Å². The summed E-state index contributed by atoms with van der Waals surface area (Å²) in [5.74, 6) is 0. The van der Waals surface area contributed by atoms with Gasteiger partial charge >= 0.3 is 0 Å². The highest BCUT2D eigenvalue weighted by atomic mass is 16.6. The lowest BCUT2D eigenvalue weighted by atomic mass is 10.1. The summed E-state index contributed by atoms with van der Waals surface area (Å²) in [5, 5.41) is 11.1. The first kappa shape index (κ1) is 13.2. The van der Waals surface area contributed by atoms with Crippen molar-refractivity contribution in [2.75, 3.05) is 0 Å². The number of nitrogens with zero attached hydrogens (tertiary/aromatic N) is 3. The number of hydrogen-bond donors (Lipinski definition) is 1. The van der Waals surface area contributed by atoms with Gasteiger partial charge in [-0.15, -0.1) is 0 Å². The lowest BCUT2D eigenvalue weighted by Crippen LogP contribution is -2.10. The summed E-state index contributed by atoms with van der Waals surface area (Å²) in [6.07, 6.45) is 3.45. The lowest BCUT2D eigenvalue weighted by Gasteiger charge is -2.10. The predicted molar refractivity (Wildman–Crippen MR) is 71.8 cm³/mol. The third-order valence-electron chi connectivity index (χ3n) is 3.21. The Labute approximate surface area is 111 Å². The van der Waals surface area contributed by atoms with E-state index in [1.54, 1.807) is 20.0 Å². The van der Waals surface area contributed by atoms with Crippen LogP contribution in [0.4, 0.5) is 5.69 Å². The summed E-state index contributed by atoms with van der Waals surface area (Å²) >= 11 is 0. The van der Waals surface area contributed by atoms with Crippen molar-refractivity contribution in [3.63, 3.8) is 0 Å². The Morgan fingerprint density at radius 1 is 1.47 bits per heavy atom. The molecule has 6 nitrogen and oxygen atoms in total. The second-order valence-corrected chi connectivity index (χ2v) is 4.45. The molecule has 0 saturated carbocycles. The molecule has 2 rings (SSSR count). The molecule has 2 heterocycles. The Bertz CT molecular complexity index is 619. The maximum absolute atomic E-state index is 11.1. The second kappa shape index (κ2) is 5.19. The predicted octanol–water partition coefficient (Wildman–Crippen LogP) is 1.92. The second-order valence-electron chi connectivity index (χ2n) is 4.45. The van der Waals surface area contributed by atoms with Crippen LogP contribution in [0, 0.1) is 24.0 Å². The maximum Gasteiger partial charge on any atom is 0.278 e. The molecule has 100 valence electrons. The van der Waals surface area contributed by atoms with Gasteiger partial charge in [0.2, 0.25) is 0 Å². The van der Waals surface area contributed by atoms with Crippen LogP contribution in [-0.2, 0) is 13.1 Å². The summed E-state index contributed by atoms with van der Waals surface area (Å²) in [5.41, 5.74) is 8.65. The standard InChI is InChI=1S/C13H16N4O2/c1-9-7-15-12(10(2)13(9)17(18)19)8-16-5-3-4-11(16)6-14/h3-5,7H,6,8,14H2,1-2H3. The first-order chi connectivity index (χ1) is 9.04. The number of hydrogen-bond acceptors (Lipinski definition) is 4. The fourth-order valence-corrected chi connectivity index (χ4v) is 2.16. The molecular formula is C13H16N4O2. The molecule has 0 saturated heterocycles. The molecule has 19 heavy (non-hydrogen) atoms. The molecule has 0 spiro atoms. The lowest BCUT2D eigenvalue weighted by molar-refractivity contribution is -0.386. The molecule has 2 N–H and O–H groups in total. The average molecular weight is 260 g/mol. The van der Waals surface area contributed by atoms with E-state index in [4.69, 9.17) is 5.73 Å². The van der Waals surface area contributed by atoms with E-state index >= 15 is 0 Å². The smallest absolute Gasteiger partial charge is 0.278 e. The van der Waals surface area contributed by atoms with E-state index < -0.39 is 0 Å². The Hall–Kier alpha value is -2.21. The Kier molecular flexibility index (Phi) is 3.62.